The number of nitrogens with zero attached hydrogens (tertiary/aromatic N) is 2. The number of ether oxygens (including phenoxy) is 2. The number of aromatic amines is 2. The zero-order valence-electron chi connectivity index (χ0n) is 20.1. The Morgan fingerprint density at radius 3 is 1.30 bits per heavy atom. The van der Waals surface area contributed by atoms with Crippen LogP contribution in [0.3, 0.4) is 0 Å². The number of hydrogen-bond acceptors (Lipinski definition) is 8. The largest absolute Gasteiger partial charge is 0.494 e. The second-order valence-corrected chi connectivity index (χ2v) is 8.44. The van der Waals surface area contributed by atoms with Gasteiger partial charge in [-0.2, -0.15) is 0 Å². The molecule has 0 saturated heterocycles. The Hall–Kier alpha value is -4.48. The molecule has 0 aliphatic carbocycles. The van der Waals surface area contributed by atoms with Crippen molar-refractivity contribution in [2.45, 2.75) is 45.2 Å². The van der Waals surface area contributed by atoms with Crippen molar-refractivity contribution in [3.8, 4) is 11.5 Å². The van der Waals surface area contributed by atoms with Crippen LogP contribution in [-0.4, -0.2) is 32.7 Å². The molecule has 0 amide bonds. The van der Waals surface area contributed by atoms with Gasteiger partial charge in [0.25, 0.3) is 0 Å². The molecule has 196 valence electrons. The first-order chi connectivity index (χ1) is 18.0. The highest BCUT2D eigenvalue weighted by Crippen LogP contribution is 2.15. The Labute approximate surface area is 210 Å². The van der Waals surface area contributed by atoms with Gasteiger partial charge in [-0.05, 0) is 48.2 Å². The number of rotatable bonds is 14. The molecular weight excluding hydrogens is 484 g/mol. The fraction of sp³-hybridized carbons (Fsp3) is 0.360. The molecular formula is C25H28N4O8. The summed E-state index contributed by atoms with van der Waals surface area (Å²) in [5.41, 5.74) is 0.485. The molecule has 2 aromatic heterocycles. The van der Waals surface area contributed by atoms with Gasteiger partial charge in [-0.1, -0.05) is 43.5 Å². The van der Waals surface area contributed by atoms with Crippen LogP contribution in [0.4, 0.5) is 0 Å². The van der Waals surface area contributed by atoms with Gasteiger partial charge in [0.2, 0.25) is 0 Å². The molecule has 12 nitrogen and oxygen atoms in total. The Balaban J connectivity index is 1.04. The summed E-state index contributed by atoms with van der Waals surface area (Å²) in [6.07, 6.45) is 5.07. The molecule has 0 atom stereocenters. The van der Waals surface area contributed by atoms with Crippen LogP contribution >= 0.6 is 0 Å². The lowest BCUT2D eigenvalue weighted by atomic mass is 10.1. The molecule has 2 aromatic carbocycles. The molecule has 0 saturated carbocycles. The summed E-state index contributed by atoms with van der Waals surface area (Å²) in [6, 6.07) is 14.6. The third-order valence-electron chi connectivity index (χ3n) is 5.58. The lowest BCUT2D eigenvalue weighted by molar-refractivity contribution is 0.257. The van der Waals surface area contributed by atoms with Crippen molar-refractivity contribution < 1.29 is 18.5 Å². The zero-order valence-corrected chi connectivity index (χ0v) is 20.1. The predicted molar refractivity (Wildman–Crippen MR) is 132 cm³/mol. The maximum Gasteiger partial charge on any atom is 0.440 e. The Morgan fingerprint density at radius 1 is 0.568 bits per heavy atom. The number of unbranched alkanes of at least 4 members (excludes halogenated alkanes) is 4. The normalized spacial score (nSPS) is 11.0. The number of nitrogens with one attached hydrogen (secondary N) is 2. The van der Waals surface area contributed by atoms with Gasteiger partial charge < -0.3 is 18.5 Å². The molecule has 2 N–H and O–H groups in total. The zero-order chi connectivity index (χ0) is 26.0. The lowest BCUT2D eigenvalue weighted by Gasteiger charge is -2.08. The number of benzene rings is 2. The predicted octanol–water partition coefficient (Wildman–Crippen LogP) is 2.08. The molecule has 4 rings (SSSR count). The standard InChI is InChI=1S/C25H28N4O8/c30-22-26-24(32)36-28(22)16-18-6-10-20(11-7-18)34-14-4-2-1-3-5-15-35-21-12-8-19(9-13-21)17-29-23(31)27-25(33)37-29/h6-13H,1-5,14-17H2,(H,26,30,32)(H,27,31,33). The van der Waals surface area contributed by atoms with E-state index in [1.807, 2.05) is 58.5 Å². The van der Waals surface area contributed by atoms with E-state index in [-0.39, 0.29) is 13.1 Å². The summed E-state index contributed by atoms with van der Waals surface area (Å²) < 4.78 is 23.0. The van der Waals surface area contributed by atoms with Crippen molar-refractivity contribution in [3.63, 3.8) is 0 Å². The van der Waals surface area contributed by atoms with Crippen molar-refractivity contribution in [2.75, 3.05) is 13.2 Å². The maximum absolute atomic E-state index is 11.5. The molecule has 2 heterocycles. The summed E-state index contributed by atoms with van der Waals surface area (Å²) in [5, 5.41) is 0. The highest BCUT2D eigenvalue weighted by molar-refractivity contribution is 5.28. The topological polar surface area (TPSA) is 154 Å². The summed E-state index contributed by atoms with van der Waals surface area (Å²) in [4.78, 5) is 49.2. The second-order valence-electron chi connectivity index (χ2n) is 8.44. The summed E-state index contributed by atoms with van der Waals surface area (Å²) in [5.74, 6) is -0.0513. The van der Waals surface area contributed by atoms with Gasteiger partial charge in [-0.15, -0.1) is 9.48 Å². The van der Waals surface area contributed by atoms with E-state index in [1.165, 1.54) is 0 Å². The fourth-order valence-corrected chi connectivity index (χ4v) is 3.66. The molecule has 37 heavy (non-hydrogen) atoms. The van der Waals surface area contributed by atoms with Crippen LogP contribution in [0, 0.1) is 0 Å². The number of aromatic nitrogens is 4. The van der Waals surface area contributed by atoms with Gasteiger partial charge in [0.15, 0.2) is 0 Å². The first-order valence-electron chi connectivity index (χ1n) is 12.0. The minimum absolute atomic E-state index is 0.171. The van der Waals surface area contributed by atoms with E-state index < -0.39 is 22.9 Å². The molecule has 0 radical (unpaired) electrons. The van der Waals surface area contributed by atoms with Gasteiger partial charge in [-0.3, -0.25) is 0 Å². The third kappa shape index (κ3) is 7.75. The molecule has 0 spiro atoms. The minimum Gasteiger partial charge on any atom is -0.494 e. The number of H-pyrrole nitrogens is 2. The molecule has 4 aromatic rings. The van der Waals surface area contributed by atoms with Crippen LogP contribution < -0.4 is 32.4 Å². The van der Waals surface area contributed by atoms with Gasteiger partial charge >= 0.3 is 22.9 Å². The monoisotopic (exact) mass is 512 g/mol. The van der Waals surface area contributed by atoms with Crippen LogP contribution in [0.2, 0.25) is 0 Å². The summed E-state index contributed by atoms with van der Waals surface area (Å²) in [6.45, 7) is 1.58. The van der Waals surface area contributed by atoms with Crippen molar-refractivity contribution in [3.05, 3.63) is 102 Å². The average Bonchev–Trinajstić information content (AvgIpc) is 3.37. The van der Waals surface area contributed by atoms with E-state index in [9.17, 15) is 19.2 Å². The Kier molecular flexibility index (Phi) is 8.63. The number of hydrogen-bond donors (Lipinski definition) is 2. The molecule has 0 fully saturated rings. The van der Waals surface area contributed by atoms with Crippen LogP contribution in [0.5, 0.6) is 11.5 Å². The molecule has 12 heteroatoms. The molecule has 0 aliphatic heterocycles. The second kappa shape index (κ2) is 12.5. The van der Waals surface area contributed by atoms with Crippen molar-refractivity contribution in [2.24, 2.45) is 0 Å². The van der Waals surface area contributed by atoms with E-state index in [1.54, 1.807) is 0 Å². The third-order valence-corrected chi connectivity index (χ3v) is 5.58. The van der Waals surface area contributed by atoms with Crippen LogP contribution in [0.25, 0.3) is 0 Å². The Morgan fingerprint density at radius 2 is 0.946 bits per heavy atom. The molecule has 0 unspecified atom stereocenters. The maximum atomic E-state index is 11.5. The van der Waals surface area contributed by atoms with Gasteiger partial charge in [0, 0.05) is 0 Å². The van der Waals surface area contributed by atoms with E-state index in [2.05, 4.69) is 0 Å². The smallest absolute Gasteiger partial charge is 0.440 e. The highest BCUT2D eigenvalue weighted by Gasteiger charge is 2.05. The van der Waals surface area contributed by atoms with E-state index in [4.69, 9.17) is 18.5 Å². The Bertz CT molecular complexity index is 1370. The van der Waals surface area contributed by atoms with Gasteiger partial charge in [0.1, 0.15) is 11.5 Å². The highest BCUT2D eigenvalue weighted by atomic mass is 16.5. The van der Waals surface area contributed by atoms with Crippen LogP contribution in [0.15, 0.2) is 76.8 Å². The van der Waals surface area contributed by atoms with Crippen molar-refractivity contribution >= 4 is 0 Å². The van der Waals surface area contributed by atoms with Crippen LogP contribution in [0.1, 0.15) is 43.2 Å². The fourth-order valence-electron chi connectivity index (χ4n) is 3.66. The van der Waals surface area contributed by atoms with Crippen LogP contribution in [-0.2, 0) is 13.1 Å². The average molecular weight is 513 g/mol. The summed E-state index contributed by atoms with van der Waals surface area (Å²) in [7, 11) is 0. The van der Waals surface area contributed by atoms with E-state index in [0.29, 0.717) is 13.2 Å². The lowest BCUT2D eigenvalue weighted by Crippen LogP contribution is -2.17. The van der Waals surface area contributed by atoms with Gasteiger partial charge in [0.05, 0.1) is 26.3 Å². The molecule has 0 bridgehead atoms. The van der Waals surface area contributed by atoms with Crippen molar-refractivity contribution in [1.82, 2.24) is 19.4 Å². The van der Waals surface area contributed by atoms with Gasteiger partial charge in [-0.25, -0.2) is 29.1 Å². The summed E-state index contributed by atoms with van der Waals surface area (Å²) >= 11 is 0. The first kappa shape index (κ1) is 25.6. The SMILES string of the molecule is O=c1[nH]c(=O)n(Cc2ccc(OCCCCCCCOc3ccc(Cn4oc(=O)[nH]c4=O)cc3)cc2)o1. The van der Waals surface area contributed by atoms with Crippen molar-refractivity contribution in [1.29, 1.82) is 0 Å². The van der Waals surface area contributed by atoms with E-state index >= 15 is 0 Å². The van der Waals surface area contributed by atoms with E-state index in [0.717, 1.165) is 64.2 Å². The first-order valence-corrected chi connectivity index (χ1v) is 12.0. The quantitative estimate of drug-likeness (QED) is 0.243. The minimum atomic E-state index is -0.772. The molecule has 0 aliphatic rings.